The van der Waals surface area contributed by atoms with Gasteiger partial charge in [0.2, 0.25) is 0 Å². The monoisotopic (exact) mass is 552 g/mol. The Bertz CT molecular complexity index is 1410. The second kappa shape index (κ2) is 11.6. The lowest BCUT2D eigenvalue weighted by Gasteiger charge is -2.34. The topological polar surface area (TPSA) is 71.2 Å². The molecular weight excluding hydrogens is 520 g/mol. The zero-order valence-corrected chi connectivity index (χ0v) is 22.7. The van der Waals surface area contributed by atoms with E-state index in [1.807, 2.05) is 24.3 Å². The predicted octanol–water partition coefficient (Wildman–Crippen LogP) is 5.53. The molecule has 7 rings (SSSR count). The fourth-order valence-electron chi connectivity index (χ4n) is 5.64. The van der Waals surface area contributed by atoms with Crippen molar-refractivity contribution in [1.82, 2.24) is 0 Å². The molecule has 0 unspecified atom stereocenters. The molecule has 7 heteroatoms. The molecule has 2 fully saturated rings. The van der Waals surface area contributed by atoms with Gasteiger partial charge in [-0.1, -0.05) is 72.8 Å². The van der Waals surface area contributed by atoms with Crippen LogP contribution in [0, 0.1) is 0 Å². The number of hydrogen-bond acceptors (Lipinski definition) is 7. The molecule has 2 heterocycles. The normalized spacial score (nSPS) is 19.3. The molecule has 0 spiro atoms. The van der Waals surface area contributed by atoms with E-state index >= 15 is 0 Å². The molecule has 3 aliphatic rings. The van der Waals surface area contributed by atoms with Crippen molar-refractivity contribution in [3.05, 3.63) is 119 Å². The van der Waals surface area contributed by atoms with Gasteiger partial charge in [0.05, 0.1) is 18.6 Å². The first-order valence-electron chi connectivity index (χ1n) is 14.0. The van der Waals surface area contributed by atoms with Crippen LogP contribution in [-0.2, 0) is 29.1 Å². The summed E-state index contributed by atoms with van der Waals surface area (Å²) >= 11 is 0. The molecule has 0 aromatic heterocycles. The molecule has 0 amide bonds. The molecule has 2 atom stereocenters. The van der Waals surface area contributed by atoms with Crippen LogP contribution in [0.5, 0.6) is 11.5 Å². The molecule has 0 saturated carbocycles. The number of fused-ring (bicyclic) bond motifs is 3. The van der Waals surface area contributed by atoms with Crippen LogP contribution in [0.4, 0.5) is 0 Å². The average molecular weight is 553 g/mol. The summed E-state index contributed by atoms with van der Waals surface area (Å²) in [6, 6.07) is 34.2. The minimum atomic E-state index is -0.484. The van der Waals surface area contributed by atoms with E-state index in [4.69, 9.17) is 33.2 Å². The molecule has 41 heavy (non-hydrogen) atoms. The summed E-state index contributed by atoms with van der Waals surface area (Å²) in [5.41, 5.74) is 6.87. The van der Waals surface area contributed by atoms with Crippen LogP contribution in [0.1, 0.15) is 22.3 Å². The van der Waals surface area contributed by atoms with E-state index < -0.39 is 5.41 Å². The number of ether oxygens (including phenoxy) is 7. The van der Waals surface area contributed by atoms with Crippen molar-refractivity contribution in [3.8, 4) is 22.6 Å². The number of epoxide rings is 2. The van der Waals surface area contributed by atoms with Crippen molar-refractivity contribution in [2.75, 3.05) is 46.4 Å². The van der Waals surface area contributed by atoms with Crippen LogP contribution < -0.4 is 9.47 Å². The van der Waals surface area contributed by atoms with Gasteiger partial charge in [-0.25, -0.2) is 0 Å². The van der Waals surface area contributed by atoms with Crippen molar-refractivity contribution in [2.45, 2.75) is 18.0 Å². The second-order valence-electron chi connectivity index (χ2n) is 10.2. The standard InChI is InChI=1S/C34H32O7/c1-3-7-30-28(5-1)29-6-2-4-8-31(29)34(30,25-11-15-27(16-12-25)37-19-20-38-32-21-39-32)24-9-13-26(14-10-24)36-18-17-35-23-41-33-22-40-33/h1-16,32-33H,17-23H2/t32-,33-/m1/s1. The summed E-state index contributed by atoms with van der Waals surface area (Å²) in [5.74, 6) is 1.60. The minimum Gasteiger partial charge on any atom is -0.491 e. The van der Waals surface area contributed by atoms with Crippen molar-refractivity contribution in [2.24, 2.45) is 0 Å². The van der Waals surface area contributed by atoms with E-state index in [0.717, 1.165) is 11.5 Å². The van der Waals surface area contributed by atoms with Gasteiger partial charge in [0.25, 0.3) is 0 Å². The van der Waals surface area contributed by atoms with Crippen molar-refractivity contribution < 1.29 is 33.2 Å². The highest BCUT2D eigenvalue weighted by Crippen LogP contribution is 2.56. The third-order valence-corrected chi connectivity index (χ3v) is 7.62. The molecule has 2 saturated heterocycles. The Labute approximate surface area is 239 Å². The zero-order valence-electron chi connectivity index (χ0n) is 22.7. The molecule has 1 aliphatic carbocycles. The highest BCUT2D eigenvalue weighted by Gasteiger charge is 2.45. The van der Waals surface area contributed by atoms with Crippen molar-refractivity contribution in [3.63, 3.8) is 0 Å². The summed E-state index contributed by atoms with van der Waals surface area (Å²) < 4.78 is 38.3. The Balaban J connectivity index is 1.16. The largest absolute Gasteiger partial charge is 0.491 e. The van der Waals surface area contributed by atoms with Gasteiger partial charge in [-0.3, -0.25) is 0 Å². The first kappa shape index (κ1) is 26.2. The van der Waals surface area contributed by atoms with Crippen LogP contribution in [0.15, 0.2) is 97.1 Å². The van der Waals surface area contributed by atoms with E-state index in [2.05, 4.69) is 72.8 Å². The van der Waals surface area contributed by atoms with E-state index in [1.54, 1.807) is 0 Å². The van der Waals surface area contributed by atoms with Crippen molar-refractivity contribution in [1.29, 1.82) is 0 Å². The van der Waals surface area contributed by atoms with Crippen molar-refractivity contribution >= 4 is 0 Å². The Morgan fingerprint density at radius 3 is 1.59 bits per heavy atom. The van der Waals surface area contributed by atoms with E-state index in [9.17, 15) is 0 Å². The molecule has 2 aliphatic heterocycles. The molecular formula is C34H32O7. The Kier molecular flexibility index (Phi) is 7.44. The summed E-state index contributed by atoms with van der Waals surface area (Å²) in [5, 5.41) is 0. The maximum absolute atomic E-state index is 5.96. The van der Waals surface area contributed by atoms with Gasteiger partial charge in [-0.2, -0.15) is 0 Å². The predicted molar refractivity (Wildman–Crippen MR) is 152 cm³/mol. The minimum absolute atomic E-state index is 0.0597. The third kappa shape index (κ3) is 5.47. The van der Waals surface area contributed by atoms with Gasteiger partial charge in [0.1, 0.15) is 44.7 Å². The van der Waals surface area contributed by atoms with Gasteiger partial charge in [0.15, 0.2) is 12.6 Å². The first-order chi connectivity index (χ1) is 20.3. The van der Waals surface area contributed by atoms with Gasteiger partial charge in [-0.15, -0.1) is 0 Å². The number of benzene rings is 4. The van der Waals surface area contributed by atoms with Gasteiger partial charge in [-0.05, 0) is 57.6 Å². The highest BCUT2D eigenvalue weighted by atomic mass is 16.8. The fraction of sp³-hybridized carbons (Fsp3) is 0.294. The maximum Gasteiger partial charge on any atom is 0.183 e. The SMILES string of the molecule is c1ccc2c(c1)-c1ccccc1C2(c1ccc(OCCOCO[C@@H]2CO2)cc1)c1ccc(OCCO[C@H]2CO2)cc1. The Morgan fingerprint density at radius 2 is 1.05 bits per heavy atom. The fourth-order valence-corrected chi connectivity index (χ4v) is 5.64. The molecule has 0 bridgehead atoms. The summed E-state index contributed by atoms with van der Waals surface area (Å²) in [4.78, 5) is 0. The second-order valence-corrected chi connectivity index (χ2v) is 10.2. The maximum atomic E-state index is 5.96. The summed E-state index contributed by atoms with van der Waals surface area (Å²) in [6.07, 6.45) is -0.164. The Morgan fingerprint density at radius 1 is 0.561 bits per heavy atom. The van der Waals surface area contributed by atoms with Crippen LogP contribution in [-0.4, -0.2) is 59.0 Å². The third-order valence-electron chi connectivity index (χ3n) is 7.62. The van der Waals surface area contributed by atoms with Gasteiger partial charge < -0.3 is 33.2 Å². The highest BCUT2D eigenvalue weighted by molar-refractivity contribution is 5.86. The summed E-state index contributed by atoms with van der Waals surface area (Å²) in [6.45, 7) is 3.38. The zero-order chi connectivity index (χ0) is 27.5. The summed E-state index contributed by atoms with van der Waals surface area (Å²) in [7, 11) is 0. The van der Waals surface area contributed by atoms with Gasteiger partial charge >= 0.3 is 0 Å². The lowest BCUT2D eigenvalue weighted by atomic mass is 9.68. The van der Waals surface area contributed by atoms with E-state index in [1.165, 1.54) is 33.4 Å². The van der Waals surface area contributed by atoms with Crippen LogP contribution in [0.3, 0.4) is 0 Å². The first-order valence-corrected chi connectivity index (χ1v) is 14.0. The quantitative estimate of drug-likeness (QED) is 0.102. The lowest BCUT2D eigenvalue weighted by molar-refractivity contribution is -0.0912. The number of rotatable bonds is 14. The van der Waals surface area contributed by atoms with Crippen LogP contribution in [0.2, 0.25) is 0 Å². The van der Waals surface area contributed by atoms with Gasteiger partial charge in [0, 0.05) is 0 Å². The molecule has 0 N–H and O–H groups in total. The molecule has 210 valence electrons. The molecule has 0 radical (unpaired) electrons. The van der Waals surface area contributed by atoms with E-state index in [-0.39, 0.29) is 19.4 Å². The number of hydrogen-bond donors (Lipinski definition) is 0. The molecule has 4 aromatic rings. The smallest absolute Gasteiger partial charge is 0.183 e. The van der Waals surface area contributed by atoms with Crippen LogP contribution in [0.25, 0.3) is 11.1 Å². The Hall–Kier alpha value is -3.72. The van der Waals surface area contributed by atoms with Crippen LogP contribution >= 0.6 is 0 Å². The average Bonchev–Trinajstić information content (AvgIpc) is 3.97. The lowest BCUT2D eigenvalue weighted by Crippen LogP contribution is -2.28. The van der Waals surface area contributed by atoms with E-state index in [0.29, 0.717) is 39.6 Å². The molecule has 4 aromatic carbocycles. The molecule has 7 nitrogen and oxygen atoms in total.